The van der Waals surface area contributed by atoms with Crippen molar-refractivity contribution in [2.45, 2.75) is 6.54 Å². The molecule has 2 aromatic carbocycles. The number of thiazole rings is 1. The Morgan fingerprint density at radius 2 is 1.97 bits per heavy atom. The zero-order valence-corrected chi connectivity index (χ0v) is 17.1. The van der Waals surface area contributed by atoms with Crippen molar-refractivity contribution in [1.82, 2.24) is 9.97 Å². The summed E-state index contributed by atoms with van der Waals surface area (Å²) in [6, 6.07) is 14.0. The number of nitrogens with zero attached hydrogens (tertiary/aromatic N) is 2. The number of nitrogens with one attached hydrogen (secondary N) is 1. The maximum atomic E-state index is 11.0. The van der Waals surface area contributed by atoms with E-state index in [1.807, 2.05) is 24.3 Å². The van der Waals surface area contributed by atoms with Crippen LogP contribution in [0.4, 0.5) is 5.13 Å². The molecule has 0 radical (unpaired) electrons. The molecule has 0 unspecified atom stereocenters. The van der Waals surface area contributed by atoms with Gasteiger partial charge >= 0.3 is 5.97 Å². The van der Waals surface area contributed by atoms with Crippen LogP contribution in [0, 0.1) is 0 Å². The van der Waals surface area contributed by atoms with Gasteiger partial charge in [0.2, 0.25) is 0 Å². The van der Waals surface area contributed by atoms with Gasteiger partial charge in [-0.1, -0.05) is 46.7 Å². The molecule has 146 valence electrons. The molecule has 0 spiro atoms. The molecule has 4 aromatic rings. The Bertz CT molecular complexity index is 1210. The largest absolute Gasteiger partial charge is 0.477 e. The molecule has 0 saturated heterocycles. The van der Waals surface area contributed by atoms with Gasteiger partial charge in [0, 0.05) is 24.9 Å². The molecule has 0 aliphatic rings. The zero-order chi connectivity index (χ0) is 20.4. The number of halogens is 2. The van der Waals surface area contributed by atoms with Gasteiger partial charge < -0.3 is 15.2 Å². The van der Waals surface area contributed by atoms with Crippen LogP contribution in [-0.4, -0.2) is 21.0 Å². The first-order chi connectivity index (χ1) is 14.0. The summed E-state index contributed by atoms with van der Waals surface area (Å²) in [5, 5.41) is 14.1. The monoisotopic (exact) mass is 445 g/mol. The number of ether oxygens (including phenoxy) is 1. The normalized spacial score (nSPS) is 10.8. The number of aromatic carboxylic acids is 1. The first-order valence-corrected chi connectivity index (χ1v) is 10.0. The topological polar surface area (TPSA) is 84.3 Å². The molecule has 6 nitrogen and oxygen atoms in total. The maximum Gasteiger partial charge on any atom is 0.354 e. The lowest BCUT2D eigenvalue weighted by atomic mass is 10.2. The van der Waals surface area contributed by atoms with Gasteiger partial charge in [0.15, 0.2) is 10.8 Å². The van der Waals surface area contributed by atoms with E-state index < -0.39 is 5.97 Å². The van der Waals surface area contributed by atoms with Crippen molar-refractivity contribution in [2.75, 3.05) is 5.32 Å². The van der Waals surface area contributed by atoms with Crippen LogP contribution in [0.25, 0.3) is 10.2 Å². The summed E-state index contributed by atoms with van der Waals surface area (Å²) < 4.78 is 6.69. The SMILES string of the molecule is O=C(O)c1cc(Oc2ccc3nc(NCc4cccc(Cl)c4Cl)sc3c2)ccn1. The van der Waals surface area contributed by atoms with E-state index in [2.05, 4.69) is 15.3 Å². The van der Waals surface area contributed by atoms with Crippen molar-refractivity contribution in [3.05, 3.63) is 76.0 Å². The first-order valence-electron chi connectivity index (χ1n) is 8.44. The molecule has 0 atom stereocenters. The van der Waals surface area contributed by atoms with E-state index in [4.69, 9.17) is 33.0 Å². The lowest BCUT2D eigenvalue weighted by molar-refractivity contribution is 0.0690. The summed E-state index contributed by atoms with van der Waals surface area (Å²) in [4.78, 5) is 19.4. The van der Waals surface area contributed by atoms with Gasteiger partial charge in [-0.15, -0.1) is 0 Å². The average Bonchev–Trinajstić information content (AvgIpc) is 3.11. The fourth-order valence-corrected chi connectivity index (χ4v) is 3.90. The van der Waals surface area contributed by atoms with Gasteiger partial charge in [0.25, 0.3) is 0 Å². The predicted molar refractivity (Wildman–Crippen MR) is 115 cm³/mol. The lowest BCUT2D eigenvalue weighted by Crippen LogP contribution is -1.99. The van der Waals surface area contributed by atoms with Crippen LogP contribution in [0.15, 0.2) is 54.7 Å². The molecule has 2 aromatic heterocycles. The second-order valence-corrected chi connectivity index (χ2v) is 7.81. The molecule has 2 N–H and O–H groups in total. The zero-order valence-electron chi connectivity index (χ0n) is 14.7. The second kappa shape index (κ2) is 8.24. The molecule has 0 amide bonds. The summed E-state index contributed by atoms with van der Waals surface area (Å²) >= 11 is 13.7. The minimum atomic E-state index is -1.11. The van der Waals surface area contributed by atoms with E-state index >= 15 is 0 Å². The standard InChI is InChI=1S/C20H13Cl2N3O3S/c21-14-3-1-2-11(18(14)22)10-24-20-25-15-5-4-12(9-17(15)29-20)28-13-6-7-23-16(8-13)19(26)27/h1-9H,10H2,(H,24,25)(H,26,27). The van der Waals surface area contributed by atoms with E-state index in [1.165, 1.54) is 23.6 Å². The fourth-order valence-electron chi connectivity index (χ4n) is 2.63. The lowest BCUT2D eigenvalue weighted by Gasteiger charge is -2.06. The summed E-state index contributed by atoms with van der Waals surface area (Å²) in [6.07, 6.45) is 1.40. The molecule has 0 bridgehead atoms. The van der Waals surface area contributed by atoms with Crippen LogP contribution < -0.4 is 10.1 Å². The Kier molecular flexibility index (Phi) is 5.53. The number of rotatable bonds is 6. The van der Waals surface area contributed by atoms with Crippen molar-refractivity contribution in [3.63, 3.8) is 0 Å². The van der Waals surface area contributed by atoms with Gasteiger partial charge in [0.05, 0.1) is 20.3 Å². The Hall–Kier alpha value is -2.87. The van der Waals surface area contributed by atoms with Crippen LogP contribution in [0.5, 0.6) is 11.5 Å². The van der Waals surface area contributed by atoms with Crippen LogP contribution in [0.3, 0.4) is 0 Å². The Morgan fingerprint density at radius 1 is 1.14 bits per heavy atom. The molecule has 0 aliphatic heterocycles. The highest BCUT2D eigenvalue weighted by atomic mass is 35.5. The summed E-state index contributed by atoms with van der Waals surface area (Å²) in [7, 11) is 0. The highest BCUT2D eigenvalue weighted by Crippen LogP contribution is 2.32. The van der Waals surface area contributed by atoms with Gasteiger partial charge in [-0.3, -0.25) is 0 Å². The molecule has 0 fully saturated rings. The highest BCUT2D eigenvalue weighted by molar-refractivity contribution is 7.22. The van der Waals surface area contributed by atoms with Crippen molar-refractivity contribution in [1.29, 1.82) is 0 Å². The van der Waals surface area contributed by atoms with Crippen molar-refractivity contribution < 1.29 is 14.6 Å². The average molecular weight is 446 g/mol. The van der Waals surface area contributed by atoms with E-state index in [-0.39, 0.29) is 5.69 Å². The maximum absolute atomic E-state index is 11.0. The van der Waals surface area contributed by atoms with Gasteiger partial charge in [-0.25, -0.2) is 14.8 Å². The highest BCUT2D eigenvalue weighted by Gasteiger charge is 2.10. The number of carboxylic acid groups (broad SMARTS) is 1. The Balaban J connectivity index is 1.51. The summed E-state index contributed by atoms with van der Waals surface area (Å²) in [5.41, 5.74) is 1.63. The number of pyridine rings is 1. The predicted octanol–water partition coefficient (Wildman–Crippen LogP) is 6.10. The third kappa shape index (κ3) is 4.42. The fraction of sp³-hybridized carbons (Fsp3) is 0.0500. The molecule has 0 saturated carbocycles. The molecule has 29 heavy (non-hydrogen) atoms. The Morgan fingerprint density at radius 3 is 2.79 bits per heavy atom. The van der Waals surface area contributed by atoms with Crippen molar-refractivity contribution in [2.24, 2.45) is 0 Å². The van der Waals surface area contributed by atoms with Gasteiger partial charge in [-0.2, -0.15) is 0 Å². The van der Waals surface area contributed by atoms with Crippen LogP contribution in [0.1, 0.15) is 16.1 Å². The summed E-state index contributed by atoms with van der Waals surface area (Å²) in [5.74, 6) is -0.132. The minimum absolute atomic E-state index is 0.0764. The number of carbonyl (C=O) groups is 1. The molecular weight excluding hydrogens is 433 g/mol. The second-order valence-electron chi connectivity index (χ2n) is 6.00. The number of carboxylic acids is 1. The third-order valence-electron chi connectivity index (χ3n) is 4.01. The van der Waals surface area contributed by atoms with E-state index in [0.717, 1.165) is 20.9 Å². The van der Waals surface area contributed by atoms with E-state index in [0.29, 0.717) is 28.1 Å². The Labute approximate surface area is 179 Å². The number of aromatic nitrogens is 2. The molecule has 4 rings (SSSR count). The molecular formula is C20H13Cl2N3O3S. The number of fused-ring (bicyclic) bond motifs is 1. The minimum Gasteiger partial charge on any atom is -0.477 e. The van der Waals surface area contributed by atoms with Crippen LogP contribution >= 0.6 is 34.5 Å². The molecule has 0 aliphatic carbocycles. The number of benzene rings is 2. The van der Waals surface area contributed by atoms with Crippen molar-refractivity contribution >= 4 is 55.9 Å². The van der Waals surface area contributed by atoms with Crippen molar-refractivity contribution in [3.8, 4) is 11.5 Å². The van der Waals surface area contributed by atoms with Gasteiger partial charge in [-0.05, 0) is 29.8 Å². The quantitative estimate of drug-likeness (QED) is 0.372. The molecule has 9 heteroatoms. The number of hydrogen-bond donors (Lipinski definition) is 2. The van der Waals surface area contributed by atoms with Crippen LogP contribution in [-0.2, 0) is 6.54 Å². The molecule has 2 heterocycles. The summed E-state index contributed by atoms with van der Waals surface area (Å²) in [6.45, 7) is 0.498. The van der Waals surface area contributed by atoms with E-state index in [9.17, 15) is 4.79 Å². The van der Waals surface area contributed by atoms with E-state index in [1.54, 1.807) is 18.2 Å². The number of hydrogen-bond acceptors (Lipinski definition) is 6. The van der Waals surface area contributed by atoms with Gasteiger partial charge in [0.1, 0.15) is 11.5 Å². The third-order valence-corrected chi connectivity index (χ3v) is 5.84. The number of anilines is 1. The first kappa shape index (κ1) is 19.4. The van der Waals surface area contributed by atoms with Crippen LogP contribution in [0.2, 0.25) is 10.0 Å². The smallest absolute Gasteiger partial charge is 0.354 e.